The van der Waals surface area contributed by atoms with Crippen molar-refractivity contribution in [3.63, 3.8) is 0 Å². The highest BCUT2D eigenvalue weighted by Crippen LogP contribution is 2.23. The maximum absolute atomic E-state index is 5.72. The minimum atomic E-state index is 0.470. The number of benzene rings is 1. The van der Waals surface area contributed by atoms with Gasteiger partial charge in [-0.1, -0.05) is 41.9 Å². The van der Waals surface area contributed by atoms with Gasteiger partial charge in [0, 0.05) is 22.6 Å². The number of allylic oxidation sites excluding steroid dienone is 1. The Hall–Kier alpha value is -0.800. The molecular weight excluding hydrogens is 278 g/mol. The van der Waals surface area contributed by atoms with Crippen molar-refractivity contribution in [1.29, 1.82) is 0 Å². The van der Waals surface area contributed by atoms with Gasteiger partial charge < -0.3 is 10.1 Å². The van der Waals surface area contributed by atoms with Gasteiger partial charge in [0.05, 0.1) is 0 Å². The largest absolute Gasteiger partial charge is 0.489 e. The number of hydrogen-bond donors (Lipinski definition) is 1. The van der Waals surface area contributed by atoms with Crippen LogP contribution in [0, 0.1) is 0 Å². The SMILES string of the molecule is C/C=C/COc1ccc(Br)cc1CNC(C)C. The third kappa shape index (κ3) is 5.37. The highest BCUT2D eigenvalue weighted by Gasteiger charge is 2.04. The summed E-state index contributed by atoms with van der Waals surface area (Å²) in [6.07, 6.45) is 3.99. The Morgan fingerprint density at radius 3 is 2.82 bits per heavy atom. The lowest BCUT2D eigenvalue weighted by Gasteiger charge is -2.13. The van der Waals surface area contributed by atoms with Gasteiger partial charge in [-0.05, 0) is 25.1 Å². The summed E-state index contributed by atoms with van der Waals surface area (Å²) >= 11 is 3.49. The first-order valence-corrected chi connectivity index (χ1v) is 6.68. The summed E-state index contributed by atoms with van der Waals surface area (Å²) < 4.78 is 6.80. The molecule has 0 radical (unpaired) electrons. The lowest BCUT2D eigenvalue weighted by molar-refractivity contribution is 0.356. The summed E-state index contributed by atoms with van der Waals surface area (Å²) in [5, 5.41) is 3.40. The Bertz CT molecular complexity index is 374. The molecule has 0 saturated heterocycles. The van der Waals surface area contributed by atoms with Crippen molar-refractivity contribution in [3.8, 4) is 5.75 Å². The average molecular weight is 298 g/mol. The van der Waals surface area contributed by atoms with Crippen molar-refractivity contribution in [2.24, 2.45) is 0 Å². The Labute approximate surface area is 112 Å². The molecule has 17 heavy (non-hydrogen) atoms. The van der Waals surface area contributed by atoms with Crippen LogP contribution in [0.15, 0.2) is 34.8 Å². The first kappa shape index (κ1) is 14.3. The molecule has 0 heterocycles. The van der Waals surface area contributed by atoms with Crippen LogP contribution >= 0.6 is 15.9 Å². The van der Waals surface area contributed by atoms with Gasteiger partial charge in [-0.2, -0.15) is 0 Å². The highest BCUT2D eigenvalue weighted by atomic mass is 79.9. The molecule has 0 amide bonds. The molecule has 0 spiro atoms. The fraction of sp³-hybridized carbons (Fsp3) is 0.429. The molecule has 1 N–H and O–H groups in total. The van der Waals surface area contributed by atoms with Crippen molar-refractivity contribution in [2.75, 3.05) is 6.61 Å². The highest BCUT2D eigenvalue weighted by molar-refractivity contribution is 9.10. The number of halogens is 1. The van der Waals surface area contributed by atoms with E-state index in [-0.39, 0.29) is 0 Å². The van der Waals surface area contributed by atoms with E-state index >= 15 is 0 Å². The smallest absolute Gasteiger partial charge is 0.124 e. The van der Waals surface area contributed by atoms with E-state index in [1.165, 1.54) is 5.56 Å². The fourth-order valence-corrected chi connectivity index (χ4v) is 1.78. The van der Waals surface area contributed by atoms with Crippen molar-refractivity contribution in [2.45, 2.75) is 33.4 Å². The van der Waals surface area contributed by atoms with Gasteiger partial charge in [0.25, 0.3) is 0 Å². The van der Waals surface area contributed by atoms with Crippen LogP contribution in [0.1, 0.15) is 26.3 Å². The minimum absolute atomic E-state index is 0.470. The molecule has 0 aliphatic heterocycles. The van der Waals surface area contributed by atoms with Crippen molar-refractivity contribution >= 4 is 15.9 Å². The van der Waals surface area contributed by atoms with Crippen LogP contribution in [0.4, 0.5) is 0 Å². The molecule has 1 aromatic carbocycles. The van der Waals surface area contributed by atoms with Gasteiger partial charge in [-0.25, -0.2) is 0 Å². The zero-order valence-electron chi connectivity index (χ0n) is 10.7. The van der Waals surface area contributed by atoms with E-state index < -0.39 is 0 Å². The van der Waals surface area contributed by atoms with E-state index in [2.05, 4.69) is 41.2 Å². The zero-order chi connectivity index (χ0) is 12.7. The van der Waals surface area contributed by atoms with E-state index in [1.807, 2.05) is 31.2 Å². The monoisotopic (exact) mass is 297 g/mol. The molecule has 0 saturated carbocycles. The maximum Gasteiger partial charge on any atom is 0.124 e. The van der Waals surface area contributed by atoms with E-state index in [1.54, 1.807) is 0 Å². The number of nitrogens with one attached hydrogen (secondary N) is 1. The van der Waals surface area contributed by atoms with E-state index in [9.17, 15) is 0 Å². The zero-order valence-corrected chi connectivity index (χ0v) is 12.3. The third-order valence-corrected chi connectivity index (χ3v) is 2.79. The fourth-order valence-electron chi connectivity index (χ4n) is 1.38. The Kier molecular flexibility index (Phi) is 6.30. The second-order valence-corrected chi connectivity index (χ2v) is 5.08. The van der Waals surface area contributed by atoms with E-state index in [4.69, 9.17) is 4.74 Å². The molecule has 2 nitrogen and oxygen atoms in total. The molecule has 1 rings (SSSR count). The molecule has 0 aliphatic carbocycles. The second-order valence-electron chi connectivity index (χ2n) is 4.17. The van der Waals surface area contributed by atoms with Crippen molar-refractivity contribution in [3.05, 3.63) is 40.4 Å². The van der Waals surface area contributed by atoms with Crippen LogP contribution in [0.2, 0.25) is 0 Å². The van der Waals surface area contributed by atoms with Crippen LogP contribution in [0.25, 0.3) is 0 Å². The average Bonchev–Trinajstić information content (AvgIpc) is 2.29. The van der Waals surface area contributed by atoms with Crippen LogP contribution in [0.5, 0.6) is 5.75 Å². The van der Waals surface area contributed by atoms with E-state index in [0.717, 1.165) is 16.8 Å². The van der Waals surface area contributed by atoms with Crippen molar-refractivity contribution in [1.82, 2.24) is 5.32 Å². The summed E-state index contributed by atoms with van der Waals surface area (Å²) in [6, 6.07) is 6.58. The molecule has 0 fully saturated rings. The van der Waals surface area contributed by atoms with Crippen LogP contribution < -0.4 is 10.1 Å². The number of hydrogen-bond acceptors (Lipinski definition) is 2. The summed E-state index contributed by atoms with van der Waals surface area (Å²) in [5.41, 5.74) is 1.18. The van der Waals surface area contributed by atoms with Gasteiger partial charge in [-0.3, -0.25) is 0 Å². The molecule has 0 aromatic heterocycles. The lowest BCUT2D eigenvalue weighted by atomic mass is 10.2. The molecule has 0 atom stereocenters. The topological polar surface area (TPSA) is 21.3 Å². The number of ether oxygens (including phenoxy) is 1. The van der Waals surface area contributed by atoms with Gasteiger partial charge in [-0.15, -0.1) is 0 Å². The summed E-state index contributed by atoms with van der Waals surface area (Å²) in [7, 11) is 0. The molecule has 1 aromatic rings. The predicted octanol–water partition coefficient (Wildman–Crippen LogP) is 3.90. The lowest BCUT2D eigenvalue weighted by Crippen LogP contribution is -2.22. The molecular formula is C14H20BrNO. The standard InChI is InChI=1S/C14H20BrNO/c1-4-5-8-17-14-7-6-13(15)9-12(14)10-16-11(2)3/h4-7,9,11,16H,8,10H2,1-3H3/b5-4+. The summed E-state index contributed by atoms with van der Waals surface area (Å²) in [4.78, 5) is 0. The summed E-state index contributed by atoms with van der Waals surface area (Å²) in [6.45, 7) is 7.71. The first-order chi connectivity index (χ1) is 8.13. The third-order valence-electron chi connectivity index (χ3n) is 2.29. The Morgan fingerprint density at radius 1 is 1.41 bits per heavy atom. The quantitative estimate of drug-likeness (QED) is 0.804. The molecule has 0 bridgehead atoms. The Morgan fingerprint density at radius 2 is 2.18 bits per heavy atom. The number of rotatable bonds is 6. The maximum atomic E-state index is 5.72. The molecule has 3 heteroatoms. The van der Waals surface area contributed by atoms with Gasteiger partial charge in [0.15, 0.2) is 0 Å². The van der Waals surface area contributed by atoms with Crippen LogP contribution in [0.3, 0.4) is 0 Å². The van der Waals surface area contributed by atoms with Gasteiger partial charge in [0.1, 0.15) is 12.4 Å². The normalized spacial score (nSPS) is 11.4. The van der Waals surface area contributed by atoms with Gasteiger partial charge >= 0.3 is 0 Å². The van der Waals surface area contributed by atoms with Crippen molar-refractivity contribution < 1.29 is 4.74 Å². The van der Waals surface area contributed by atoms with Crippen LogP contribution in [-0.4, -0.2) is 12.6 Å². The Balaban J connectivity index is 2.72. The van der Waals surface area contributed by atoms with Crippen LogP contribution in [-0.2, 0) is 6.54 Å². The first-order valence-electron chi connectivity index (χ1n) is 5.89. The van der Waals surface area contributed by atoms with E-state index in [0.29, 0.717) is 12.6 Å². The predicted molar refractivity (Wildman–Crippen MR) is 76.4 cm³/mol. The molecule has 0 unspecified atom stereocenters. The molecule has 94 valence electrons. The second kappa shape index (κ2) is 7.51. The minimum Gasteiger partial charge on any atom is -0.489 e. The van der Waals surface area contributed by atoms with Gasteiger partial charge in [0.2, 0.25) is 0 Å². The molecule has 0 aliphatic rings. The summed E-state index contributed by atoms with van der Waals surface area (Å²) in [5.74, 6) is 0.944.